The number of hydrogen-bond donors (Lipinski definition) is 2. The van der Waals surface area contributed by atoms with E-state index in [0.29, 0.717) is 47.0 Å². The summed E-state index contributed by atoms with van der Waals surface area (Å²) in [4.78, 5) is 63.8. The number of carbonyl (C=O) groups excluding carboxylic acids is 4. The van der Waals surface area contributed by atoms with Crippen LogP contribution in [0.25, 0.3) is 10.9 Å². The third-order valence-corrected chi connectivity index (χ3v) is 14.1. The molecule has 5 heterocycles. The van der Waals surface area contributed by atoms with Gasteiger partial charge in [-0.15, -0.1) is 0 Å². The Labute approximate surface area is 361 Å². The molecule has 3 saturated heterocycles. The number of rotatable bonds is 9. The lowest BCUT2D eigenvalue weighted by atomic mass is 9.49. The zero-order valence-corrected chi connectivity index (χ0v) is 35.7. The SMILES string of the molecule is CC1(C)C(NC(=O)c2ccc(N3CCC(CN4CCN(c5ccc6c(c5)CN(C5CCC(=O)NC5=O)C6=O)CC4)CC3)c(F)c2)C(C)(C)C1Oc1ccc(C#N)c2ncccc12. The Morgan fingerprint density at radius 3 is 2.40 bits per heavy atom. The lowest BCUT2D eigenvalue weighted by Gasteiger charge is -2.63. The first-order valence-electron chi connectivity index (χ1n) is 21.8. The number of nitrogens with one attached hydrogen (secondary N) is 2. The van der Waals surface area contributed by atoms with Crippen molar-refractivity contribution in [3.63, 3.8) is 0 Å². The molecule has 322 valence electrons. The summed E-state index contributed by atoms with van der Waals surface area (Å²) >= 11 is 0. The summed E-state index contributed by atoms with van der Waals surface area (Å²) in [6.45, 7) is 14.7. The van der Waals surface area contributed by atoms with E-state index in [4.69, 9.17) is 4.74 Å². The normalized spacial score (nSPS) is 23.7. The van der Waals surface area contributed by atoms with Crippen LogP contribution >= 0.6 is 0 Å². The first-order chi connectivity index (χ1) is 29.7. The predicted octanol–water partition coefficient (Wildman–Crippen LogP) is 5.66. The smallest absolute Gasteiger partial charge is 0.255 e. The number of anilines is 2. The van der Waals surface area contributed by atoms with Gasteiger partial charge in [-0.25, -0.2) is 4.39 Å². The van der Waals surface area contributed by atoms with Gasteiger partial charge in [0.05, 0.1) is 16.8 Å². The molecule has 14 heteroatoms. The Morgan fingerprint density at radius 1 is 0.935 bits per heavy atom. The van der Waals surface area contributed by atoms with Crippen LogP contribution in [-0.2, 0) is 16.1 Å². The van der Waals surface area contributed by atoms with Gasteiger partial charge in [0.1, 0.15) is 29.8 Å². The van der Waals surface area contributed by atoms with Gasteiger partial charge >= 0.3 is 0 Å². The van der Waals surface area contributed by atoms with Crippen molar-refractivity contribution < 1.29 is 28.3 Å². The zero-order chi connectivity index (χ0) is 43.5. The van der Waals surface area contributed by atoms with Crippen molar-refractivity contribution in [2.75, 3.05) is 55.6 Å². The Bertz CT molecular complexity index is 2490. The number of pyridine rings is 1. The molecule has 1 unspecified atom stereocenters. The zero-order valence-electron chi connectivity index (χ0n) is 35.7. The molecule has 1 aliphatic carbocycles. The number of ether oxygens (including phenoxy) is 1. The fourth-order valence-corrected chi connectivity index (χ4v) is 11.1. The summed E-state index contributed by atoms with van der Waals surface area (Å²) in [7, 11) is 0. The van der Waals surface area contributed by atoms with Gasteiger partial charge in [-0.3, -0.25) is 34.4 Å². The summed E-state index contributed by atoms with van der Waals surface area (Å²) < 4.78 is 22.4. The van der Waals surface area contributed by atoms with E-state index in [1.165, 1.54) is 6.07 Å². The van der Waals surface area contributed by atoms with Crippen molar-refractivity contribution in [1.29, 1.82) is 5.26 Å². The minimum Gasteiger partial charge on any atom is -0.488 e. The fraction of sp³-hybridized carbons (Fsp3) is 0.458. The van der Waals surface area contributed by atoms with Crippen LogP contribution in [0.2, 0.25) is 0 Å². The highest BCUT2D eigenvalue weighted by molar-refractivity contribution is 6.05. The van der Waals surface area contributed by atoms with Gasteiger partial charge in [-0.2, -0.15) is 5.26 Å². The topological polar surface area (TPSA) is 151 Å². The molecule has 4 aliphatic heterocycles. The summed E-state index contributed by atoms with van der Waals surface area (Å²) in [5, 5.41) is 15.9. The second-order valence-electron chi connectivity index (χ2n) is 18.8. The van der Waals surface area contributed by atoms with Crippen molar-refractivity contribution in [2.24, 2.45) is 16.7 Å². The Hall–Kier alpha value is -6.07. The maximum atomic E-state index is 15.8. The number of halogens is 1. The number of aromatic nitrogens is 1. The van der Waals surface area contributed by atoms with Gasteiger partial charge in [-0.05, 0) is 91.4 Å². The molecule has 1 saturated carbocycles. The van der Waals surface area contributed by atoms with Gasteiger partial charge in [0.15, 0.2) is 0 Å². The molecule has 0 radical (unpaired) electrons. The van der Waals surface area contributed by atoms with Crippen molar-refractivity contribution in [2.45, 2.75) is 78.1 Å². The van der Waals surface area contributed by atoms with Gasteiger partial charge in [0.25, 0.3) is 11.8 Å². The minimum absolute atomic E-state index is 0.159. The first-order valence-corrected chi connectivity index (χ1v) is 21.8. The first kappa shape index (κ1) is 41.3. The van der Waals surface area contributed by atoms with Crippen LogP contribution in [0.1, 0.15) is 85.2 Å². The monoisotopic (exact) mass is 840 g/mol. The molecule has 13 nitrogen and oxygen atoms in total. The van der Waals surface area contributed by atoms with Crippen LogP contribution in [0.4, 0.5) is 15.8 Å². The predicted molar refractivity (Wildman–Crippen MR) is 232 cm³/mol. The van der Waals surface area contributed by atoms with Crippen molar-refractivity contribution in [1.82, 2.24) is 25.4 Å². The van der Waals surface area contributed by atoms with Crippen LogP contribution < -0.4 is 25.2 Å². The summed E-state index contributed by atoms with van der Waals surface area (Å²) in [5.74, 6) is -0.436. The van der Waals surface area contributed by atoms with Crippen LogP contribution in [0, 0.1) is 33.9 Å². The second-order valence-corrected chi connectivity index (χ2v) is 18.8. The highest BCUT2D eigenvalue weighted by Crippen LogP contribution is 2.56. The number of hydrogen-bond acceptors (Lipinski definition) is 10. The molecule has 1 atom stereocenters. The molecule has 4 amide bonds. The summed E-state index contributed by atoms with van der Waals surface area (Å²) in [5.41, 5.74) is 3.58. The number of piperazine rings is 1. The average Bonchev–Trinajstić information content (AvgIpc) is 3.59. The van der Waals surface area contributed by atoms with E-state index in [-0.39, 0.29) is 41.9 Å². The summed E-state index contributed by atoms with van der Waals surface area (Å²) in [6.07, 6.45) is 3.89. The average molecular weight is 841 g/mol. The molecule has 9 rings (SSSR count). The largest absolute Gasteiger partial charge is 0.488 e. The third-order valence-electron chi connectivity index (χ3n) is 14.1. The van der Waals surface area contributed by atoms with Crippen molar-refractivity contribution in [3.8, 4) is 11.8 Å². The highest BCUT2D eigenvalue weighted by atomic mass is 19.1. The molecule has 62 heavy (non-hydrogen) atoms. The van der Waals surface area contributed by atoms with E-state index in [2.05, 4.69) is 70.1 Å². The van der Waals surface area contributed by atoms with Gasteiger partial charge in [-0.1, -0.05) is 27.7 Å². The Morgan fingerprint density at radius 2 is 1.69 bits per heavy atom. The third kappa shape index (κ3) is 7.40. The van der Waals surface area contributed by atoms with E-state index >= 15 is 4.39 Å². The number of nitrogens with zero attached hydrogens (tertiary/aromatic N) is 6. The lowest BCUT2D eigenvalue weighted by Crippen LogP contribution is -2.74. The number of imide groups is 1. The molecule has 4 aromatic rings. The maximum Gasteiger partial charge on any atom is 0.255 e. The fourth-order valence-electron chi connectivity index (χ4n) is 11.1. The maximum absolute atomic E-state index is 15.8. The minimum atomic E-state index is -0.622. The standard InChI is InChI=1S/C48H53FN8O5/c1-47(2)45(48(3,4)46(47)62-39-13-8-31(26-50)41-35(39)6-5-17-51-41)53-42(59)30-7-11-37(36(49)25-30)56-18-15-29(16-19-56)27-54-20-22-55(23-21-54)33-9-10-34-32(24-33)28-57(44(34)61)38-12-14-40(58)52-43(38)60/h5-11,13,17,24-25,29,38,45-46H,12,14-16,18-23,27-28H2,1-4H3,(H,53,59)(H,52,58,60). The molecule has 2 N–H and O–H groups in total. The number of carbonyl (C=O) groups is 4. The van der Waals surface area contributed by atoms with E-state index in [9.17, 15) is 24.4 Å². The van der Waals surface area contributed by atoms with Gasteiger partial charge in [0, 0.05) is 104 Å². The molecule has 1 aromatic heterocycles. The van der Waals surface area contributed by atoms with E-state index in [0.717, 1.165) is 75.3 Å². The van der Waals surface area contributed by atoms with Gasteiger partial charge in [0.2, 0.25) is 11.8 Å². The van der Waals surface area contributed by atoms with E-state index in [1.807, 2.05) is 30.3 Å². The van der Waals surface area contributed by atoms with Crippen LogP contribution in [-0.4, -0.2) is 102 Å². The number of nitriles is 1. The quantitative estimate of drug-likeness (QED) is 0.202. The Kier molecular flexibility index (Phi) is 10.7. The molecule has 0 spiro atoms. The number of benzene rings is 3. The van der Waals surface area contributed by atoms with E-state index < -0.39 is 28.6 Å². The number of amides is 4. The van der Waals surface area contributed by atoms with Crippen LogP contribution in [0.15, 0.2) is 66.9 Å². The second kappa shape index (κ2) is 16.0. The summed E-state index contributed by atoms with van der Waals surface area (Å²) in [6, 6.07) is 19.3. The molecule has 4 fully saturated rings. The van der Waals surface area contributed by atoms with E-state index in [1.54, 1.807) is 29.3 Å². The molecular formula is C48H53FN8O5. The number of fused-ring (bicyclic) bond motifs is 2. The lowest BCUT2D eigenvalue weighted by molar-refractivity contribution is -0.163. The van der Waals surface area contributed by atoms with Gasteiger partial charge < -0.3 is 24.8 Å². The molecular weight excluding hydrogens is 788 g/mol. The van der Waals surface area contributed by atoms with Crippen LogP contribution in [0.5, 0.6) is 5.75 Å². The van der Waals surface area contributed by atoms with Crippen molar-refractivity contribution >= 4 is 45.9 Å². The molecule has 0 bridgehead atoms. The Balaban J connectivity index is 0.748. The number of piperidine rings is 2. The molecule has 3 aromatic carbocycles. The van der Waals surface area contributed by atoms with Crippen LogP contribution in [0.3, 0.4) is 0 Å². The van der Waals surface area contributed by atoms with Crippen molar-refractivity contribution in [3.05, 3.63) is 94.9 Å². The highest BCUT2D eigenvalue weighted by Gasteiger charge is 2.64. The molecule has 5 aliphatic rings.